The first-order valence-electron chi connectivity index (χ1n) is 7.93. The molecule has 2 N–H and O–H groups in total. The van der Waals surface area contributed by atoms with Gasteiger partial charge in [-0.2, -0.15) is 0 Å². The summed E-state index contributed by atoms with van der Waals surface area (Å²) in [4.78, 5) is 12.3. The van der Waals surface area contributed by atoms with E-state index >= 15 is 0 Å². The summed E-state index contributed by atoms with van der Waals surface area (Å²) in [6, 6.07) is 9.62. The van der Waals surface area contributed by atoms with Gasteiger partial charge in [-0.05, 0) is 36.4 Å². The molecule has 0 atom stereocenters. The Hall–Kier alpha value is -2.94. The lowest BCUT2D eigenvalue weighted by Crippen LogP contribution is -2.23. The molecule has 0 aliphatic rings. The molecule has 0 saturated heterocycles. The van der Waals surface area contributed by atoms with Crippen LogP contribution in [0.15, 0.2) is 36.4 Å². The second-order valence-corrected chi connectivity index (χ2v) is 7.38. The number of carbonyl (C=O) groups is 1. The molecule has 146 valence electrons. The van der Waals surface area contributed by atoms with Crippen molar-refractivity contribution in [1.82, 2.24) is 5.32 Å². The SMILES string of the molecule is COc1ccc(CNC(=O)c2ccc(NS(C)(=O)=O)cc2)c(OC)c1OC. The van der Waals surface area contributed by atoms with E-state index in [1.807, 2.05) is 0 Å². The molecule has 0 radical (unpaired) electrons. The molecule has 9 heteroatoms. The van der Waals surface area contributed by atoms with E-state index in [-0.39, 0.29) is 12.5 Å². The minimum absolute atomic E-state index is 0.214. The van der Waals surface area contributed by atoms with Crippen molar-refractivity contribution in [3.8, 4) is 17.2 Å². The number of anilines is 1. The molecule has 0 heterocycles. The summed E-state index contributed by atoms with van der Waals surface area (Å²) in [5.41, 5.74) is 1.50. The first-order chi connectivity index (χ1) is 12.8. The Morgan fingerprint density at radius 1 is 0.926 bits per heavy atom. The van der Waals surface area contributed by atoms with Gasteiger partial charge in [0, 0.05) is 23.4 Å². The number of ether oxygens (including phenoxy) is 3. The van der Waals surface area contributed by atoms with Crippen molar-refractivity contribution in [2.75, 3.05) is 32.3 Å². The number of sulfonamides is 1. The molecule has 0 spiro atoms. The highest BCUT2D eigenvalue weighted by atomic mass is 32.2. The predicted octanol–water partition coefficient (Wildman–Crippen LogP) is 2.01. The summed E-state index contributed by atoms with van der Waals surface area (Å²) in [6.07, 6.45) is 1.06. The van der Waals surface area contributed by atoms with Gasteiger partial charge in [-0.3, -0.25) is 9.52 Å². The zero-order valence-corrected chi connectivity index (χ0v) is 16.3. The van der Waals surface area contributed by atoms with E-state index in [0.717, 1.165) is 11.8 Å². The lowest BCUT2D eigenvalue weighted by Gasteiger charge is -2.16. The average molecular weight is 394 g/mol. The van der Waals surface area contributed by atoms with Gasteiger partial charge >= 0.3 is 0 Å². The summed E-state index contributed by atoms with van der Waals surface area (Å²) in [5, 5.41) is 2.79. The van der Waals surface area contributed by atoms with Gasteiger partial charge in [-0.1, -0.05) is 0 Å². The van der Waals surface area contributed by atoms with Crippen LogP contribution in [0, 0.1) is 0 Å². The van der Waals surface area contributed by atoms with E-state index in [9.17, 15) is 13.2 Å². The van der Waals surface area contributed by atoms with Crippen LogP contribution in [0.4, 0.5) is 5.69 Å². The third kappa shape index (κ3) is 5.27. The maximum Gasteiger partial charge on any atom is 0.251 e. The highest BCUT2D eigenvalue weighted by Gasteiger charge is 2.16. The van der Waals surface area contributed by atoms with Crippen LogP contribution in [0.3, 0.4) is 0 Å². The number of hydrogen-bond acceptors (Lipinski definition) is 6. The topological polar surface area (TPSA) is 103 Å². The van der Waals surface area contributed by atoms with E-state index in [1.165, 1.54) is 45.6 Å². The summed E-state index contributed by atoms with van der Waals surface area (Å²) >= 11 is 0. The number of benzene rings is 2. The zero-order valence-electron chi connectivity index (χ0n) is 15.5. The van der Waals surface area contributed by atoms with Crippen LogP contribution in [0.2, 0.25) is 0 Å². The van der Waals surface area contributed by atoms with Gasteiger partial charge in [-0.25, -0.2) is 8.42 Å². The van der Waals surface area contributed by atoms with Crippen LogP contribution in [0.5, 0.6) is 17.2 Å². The molecule has 2 aromatic rings. The van der Waals surface area contributed by atoms with Gasteiger partial charge in [0.25, 0.3) is 5.91 Å². The maximum atomic E-state index is 12.3. The molecule has 8 nitrogen and oxygen atoms in total. The zero-order chi connectivity index (χ0) is 20.0. The molecular formula is C18H22N2O6S. The fourth-order valence-electron chi connectivity index (χ4n) is 2.48. The van der Waals surface area contributed by atoms with Gasteiger partial charge in [-0.15, -0.1) is 0 Å². The minimum Gasteiger partial charge on any atom is -0.493 e. The minimum atomic E-state index is -3.36. The van der Waals surface area contributed by atoms with Crippen LogP contribution < -0.4 is 24.2 Å². The van der Waals surface area contributed by atoms with Crippen molar-refractivity contribution in [3.63, 3.8) is 0 Å². The van der Waals surface area contributed by atoms with Gasteiger partial charge in [0.15, 0.2) is 11.5 Å². The van der Waals surface area contributed by atoms with Crippen molar-refractivity contribution in [1.29, 1.82) is 0 Å². The number of nitrogens with one attached hydrogen (secondary N) is 2. The molecule has 27 heavy (non-hydrogen) atoms. The van der Waals surface area contributed by atoms with Crippen molar-refractivity contribution < 1.29 is 27.4 Å². The van der Waals surface area contributed by atoms with Crippen LogP contribution in [0.1, 0.15) is 15.9 Å². The molecular weight excluding hydrogens is 372 g/mol. The fourth-order valence-corrected chi connectivity index (χ4v) is 3.05. The number of rotatable bonds is 8. The fraction of sp³-hybridized carbons (Fsp3) is 0.278. The molecule has 2 rings (SSSR count). The molecule has 0 aliphatic carbocycles. The largest absolute Gasteiger partial charge is 0.493 e. The molecule has 2 aromatic carbocycles. The van der Waals surface area contributed by atoms with Crippen molar-refractivity contribution >= 4 is 21.6 Å². The standard InChI is InChI=1S/C18H22N2O6S/c1-24-15-10-7-13(16(25-2)17(15)26-3)11-19-18(21)12-5-8-14(9-6-12)20-27(4,22)23/h5-10,20H,11H2,1-4H3,(H,19,21). The lowest BCUT2D eigenvalue weighted by atomic mass is 10.1. The Bertz CT molecular complexity index is 910. The van der Waals surface area contributed by atoms with E-state index in [2.05, 4.69) is 10.0 Å². The smallest absolute Gasteiger partial charge is 0.251 e. The van der Waals surface area contributed by atoms with E-state index < -0.39 is 10.0 Å². The first kappa shape index (κ1) is 20.4. The quantitative estimate of drug-likeness (QED) is 0.710. The van der Waals surface area contributed by atoms with Crippen LogP contribution in [-0.2, 0) is 16.6 Å². The van der Waals surface area contributed by atoms with Crippen molar-refractivity contribution in [3.05, 3.63) is 47.5 Å². The van der Waals surface area contributed by atoms with Gasteiger partial charge < -0.3 is 19.5 Å². The average Bonchev–Trinajstić information content (AvgIpc) is 2.64. The lowest BCUT2D eigenvalue weighted by molar-refractivity contribution is 0.0950. The Morgan fingerprint density at radius 3 is 2.07 bits per heavy atom. The molecule has 0 aliphatic heterocycles. The number of carbonyl (C=O) groups excluding carboxylic acids is 1. The van der Waals surface area contributed by atoms with E-state index in [1.54, 1.807) is 12.1 Å². The highest BCUT2D eigenvalue weighted by molar-refractivity contribution is 7.92. The number of hydrogen-bond donors (Lipinski definition) is 2. The summed E-state index contributed by atoms with van der Waals surface area (Å²) in [5.74, 6) is 1.14. The summed E-state index contributed by atoms with van der Waals surface area (Å²) < 4.78 is 40.7. The first-order valence-corrected chi connectivity index (χ1v) is 9.82. The van der Waals surface area contributed by atoms with Crippen LogP contribution >= 0.6 is 0 Å². The molecule has 0 aromatic heterocycles. The normalized spacial score (nSPS) is 10.8. The number of amides is 1. The maximum absolute atomic E-state index is 12.3. The Morgan fingerprint density at radius 2 is 1.56 bits per heavy atom. The van der Waals surface area contributed by atoms with Crippen molar-refractivity contribution in [2.24, 2.45) is 0 Å². The van der Waals surface area contributed by atoms with E-state index in [4.69, 9.17) is 14.2 Å². The molecule has 0 bridgehead atoms. The molecule has 0 saturated carbocycles. The molecule has 0 fully saturated rings. The van der Waals surface area contributed by atoms with Crippen LogP contribution in [0.25, 0.3) is 0 Å². The second kappa shape index (κ2) is 8.63. The third-order valence-electron chi connectivity index (χ3n) is 3.68. The number of methoxy groups -OCH3 is 3. The molecule has 0 unspecified atom stereocenters. The summed E-state index contributed by atoms with van der Waals surface area (Å²) in [7, 11) is 1.18. The van der Waals surface area contributed by atoms with Gasteiger partial charge in [0.05, 0.1) is 27.6 Å². The monoisotopic (exact) mass is 394 g/mol. The Kier molecular flexibility index (Phi) is 6.51. The van der Waals surface area contributed by atoms with Crippen LogP contribution in [-0.4, -0.2) is 41.9 Å². The third-order valence-corrected chi connectivity index (χ3v) is 4.28. The van der Waals surface area contributed by atoms with Gasteiger partial charge in [0.1, 0.15) is 0 Å². The predicted molar refractivity (Wildman–Crippen MR) is 102 cm³/mol. The second-order valence-electron chi connectivity index (χ2n) is 5.63. The van der Waals surface area contributed by atoms with Crippen molar-refractivity contribution in [2.45, 2.75) is 6.54 Å². The highest BCUT2D eigenvalue weighted by Crippen LogP contribution is 2.39. The van der Waals surface area contributed by atoms with E-state index in [0.29, 0.717) is 28.5 Å². The Balaban J connectivity index is 2.11. The van der Waals surface area contributed by atoms with Gasteiger partial charge in [0.2, 0.25) is 15.8 Å². The Labute approximate surface area is 158 Å². The molecule has 1 amide bonds. The summed E-state index contributed by atoms with van der Waals surface area (Å²) in [6.45, 7) is 0.214.